The van der Waals surface area contributed by atoms with Crippen LogP contribution < -0.4 is 15.1 Å². The fraction of sp³-hybridized carbons (Fsp3) is 0.440. The van der Waals surface area contributed by atoms with Gasteiger partial charge in [-0.25, -0.2) is 9.78 Å². The Kier molecular flexibility index (Phi) is 6.56. The van der Waals surface area contributed by atoms with Crippen LogP contribution in [0.2, 0.25) is 0 Å². The predicted octanol–water partition coefficient (Wildman–Crippen LogP) is 3.23. The lowest BCUT2D eigenvalue weighted by Gasteiger charge is -2.42. The summed E-state index contributed by atoms with van der Waals surface area (Å²) in [7, 11) is 1.76. The van der Waals surface area contributed by atoms with Crippen LogP contribution in [0.1, 0.15) is 38.1 Å². The van der Waals surface area contributed by atoms with Gasteiger partial charge in [0.05, 0.1) is 17.6 Å². The van der Waals surface area contributed by atoms with Crippen LogP contribution in [0.25, 0.3) is 0 Å². The Morgan fingerprint density at radius 3 is 2.54 bits per heavy atom. The molecule has 2 atom stereocenters. The fourth-order valence-corrected chi connectivity index (χ4v) is 4.91. The van der Waals surface area contributed by atoms with Crippen molar-refractivity contribution in [1.29, 1.82) is 0 Å². The Labute approximate surface area is 205 Å². The molecule has 1 fully saturated rings. The standard InChI is InChI=1S/C25H32N6O4/c1-15(2)31-17(4)23(32)28(5)21-13-26-22(12-20(21)31)27-19-8-6-7-18(11-19)24(33)29-9-10-30(25(34)35)16(3)14-29/h6-8,11-13,15-17H,9-10,14H2,1-5H3,(H,26,27)(H,34,35). The fourth-order valence-electron chi connectivity index (χ4n) is 4.91. The number of likely N-dealkylation sites (N-methyl/N-ethyl adjacent to an activating group) is 1. The highest BCUT2D eigenvalue weighted by Gasteiger charge is 2.35. The summed E-state index contributed by atoms with van der Waals surface area (Å²) < 4.78 is 0. The molecule has 186 valence electrons. The third-order valence-corrected chi connectivity index (χ3v) is 6.71. The summed E-state index contributed by atoms with van der Waals surface area (Å²) in [5.41, 5.74) is 2.91. The van der Waals surface area contributed by atoms with E-state index in [1.807, 2.05) is 19.1 Å². The molecule has 0 saturated carbocycles. The van der Waals surface area contributed by atoms with Gasteiger partial charge in [-0.1, -0.05) is 6.07 Å². The van der Waals surface area contributed by atoms with Crippen molar-refractivity contribution in [3.05, 3.63) is 42.1 Å². The molecule has 4 rings (SSSR count). The van der Waals surface area contributed by atoms with Gasteiger partial charge in [-0.05, 0) is 45.9 Å². The van der Waals surface area contributed by atoms with Crippen LogP contribution in [0.3, 0.4) is 0 Å². The number of hydrogen-bond acceptors (Lipinski definition) is 6. The van der Waals surface area contributed by atoms with Crippen LogP contribution in [-0.4, -0.2) is 82.6 Å². The smallest absolute Gasteiger partial charge is 0.407 e. The lowest BCUT2D eigenvalue weighted by atomic mass is 10.1. The number of rotatable bonds is 4. The molecule has 10 nitrogen and oxygen atoms in total. The molecule has 1 saturated heterocycles. The summed E-state index contributed by atoms with van der Waals surface area (Å²) in [6.07, 6.45) is 0.726. The zero-order valence-corrected chi connectivity index (χ0v) is 20.7. The molecule has 3 amide bonds. The topological polar surface area (TPSA) is 109 Å². The van der Waals surface area contributed by atoms with Gasteiger partial charge in [0.25, 0.3) is 5.91 Å². The first-order chi connectivity index (χ1) is 16.6. The molecular weight excluding hydrogens is 448 g/mol. The summed E-state index contributed by atoms with van der Waals surface area (Å²) in [5, 5.41) is 12.6. The first-order valence-corrected chi connectivity index (χ1v) is 11.8. The number of nitrogens with zero attached hydrogens (tertiary/aromatic N) is 5. The first-order valence-electron chi connectivity index (χ1n) is 11.8. The molecule has 0 bridgehead atoms. The SMILES string of the molecule is CC1CN(C(=O)c2cccc(Nc3cc4c(cn3)N(C)C(=O)C(C)N4C(C)C)c2)CCN1C(=O)O. The van der Waals surface area contributed by atoms with Crippen LogP contribution in [0.4, 0.5) is 27.7 Å². The third-order valence-electron chi connectivity index (χ3n) is 6.71. The van der Waals surface area contributed by atoms with Gasteiger partial charge in [0, 0.05) is 56.1 Å². The highest BCUT2D eigenvalue weighted by atomic mass is 16.4. The number of fused-ring (bicyclic) bond motifs is 1. The Morgan fingerprint density at radius 1 is 1.14 bits per heavy atom. The summed E-state index contributed by atoms with van der Waals surface area (Å²) in [6.45, 7) is 8.82. The van der Waals surface area contributed by atoms with Gasteiger partial charge >= 0.3 is 6.09 Å². The van der Waals surface area contributed by atoms with Gasteiger partial charge in [0.1, 0.15) is 11.9 Å². The average Bonchev–Trinajstić information content (AvgIpc) is 2.82. The van der Waals surface area contributed by atoms with E-state index in [2.05, 4.69) is 29.0 Å². The number of pyridine rings is 1. The molecule has 0 aliphatic carbocycles. The van der Waals surface area contributed by atoms with E-state index >= 15 is 0 Å². The predicted molar refractivity (Wildman–Crippen MR) is 135 cm³/mol. The summed E-state index contributed by atoms with van der Waals surface area (Å²) in [6, 6.07) is 8.70. The van der Waals surface area contributed by atoms with Crippen LogP contribution in [0, 0.1) is 0 Å². The number of hydrogen-bond donors (Lipinski definition) is 2. The van der Waals surface area contributed by atoms with Crippen LogP contribution in [-0.2, 0) is 4.79 Å². The van der Waals surface area contributed by atoms with Crippen molar-refractivity contribution >= 4 is 40.8 Å². The van der Waals surface area contributed by atoms with E-state index in [9.17, 15) is 19.5 Å². The highest BCUT2D eigenvalue weighted by Crippen LogP contribution is 2.38. The van der Waals surface area contributed by atoms with E-state index in [1.165, 1.54) is 4.90 Å². The van der Waals surface area contributed by atoms with Crippen molar-refractivity contribution < 1.29 is 19.5 Å². The number of amides is 3. The van der Waals surface area contributed by atoms with E-state index in [1.54, 1.807) is 48.2 Å². The van der Waals surface area contributed by atoms with Gasteiger partial charge < -0.3 is 30.0 Å². The number of piperazine rings is 1. The number of carbonyl (C=O) groups excluding carboxylic acids is 2. The monoisotopic (exact) mass is 480 g/mol. The van der Waals surface area contributed by atoms with Crippen molar-refractivity contribution in [2.75, 3.05) is 41.8 Å². The molecule has 2 unspecified atom stereocenters. The Morgan fingerprint density at radius 2 is 1.89 bits per heavy atom. The quantitative estimate of drug-likeness (QED) is 0.691. The molecule has 2 aliphatic heterocycles. The minimum atomic E-state index is -0.964. The molecule has 2 aromatic rings. The zero-order valence-electron chi connectivity index (χ0n) is 20.7. The molecule has 0 radical (unpaired) electrons. The normalized spacial score (nSPS) is 20.2. The third kappa shape index (κ3) is 4.60. The van der Waals surface area contributed by atoms with E-state index in [4.69, 9.17) is 0 Å². The summed E-state index contributed by atoms with van der Waals surface area (Å²) in [4.78, 5) is 48.4. The molecule has 2 N–H and O–H groups in total. The largest absolute Gasteiger partial charge is 0.465 e. The number of benzene rings is 1. The van der Waals surface area contributed by atoms with Crippen LogP contribution in [0.15, 0.2) is 36.5 Å². The minimum Gasteiger partial charge on any atom is -0.465 e. The lowest BCUT2D eigenvalue weighted by molar-refractivity contribution is -0.119. The molecule has 35 heavy (non-hydrogen) atoms. The van der Waals surface area contributed by atoms with E-state index in [0.29, 0.717) is 36.7 Å². The Hall–Kier alpha value is -3.82. The second-order valence-corrected chi connectivity index (χ2v) is 9.41. The maximum atomic E-state index is 13.1. The maximum absolute atomic E-state index is 13.1. The van der Waals surface area contributed by atoms with Crippen molar-refractivity contribution in [3.63, 3.8) is 0 Å². The Balaban J connectivity index is 1.54. The minimum absolute atomic E-state index is 0.0263. The van der Waals surface area contributed by atoms with Gasteiger partial charge in [-0.15, -0.1) is 0 Å². The number of aromatic nitrogens is 1. The zero-order chi connectivity index (χ0) is 25.4. The van der Waals surface area contributed by atoms with Gasteiger partial charge in [0.2, 0.25) is 5.91 Å². The number of anilines is 4. The van der Waals surface area contributed by atoms with Gasteiger partial charge in [-0.2, -0.15) is 0 Å². The molecule has 10 heteroatoms. The van der Waals surface area contributed by atoms with Crippen LogP contribution in [0.5, 0.6) is 0 Å². The van der Waals surface area contributed by atoms with Crippen LogP contribution >= 0.6 is 0 Å². The average molecular weight is 481 g/mol. The molecule has 1 aromatic carbocycles. The molecule has 3 heterocycles. The second-order valence-electron chi connectivity index (χ2n) is 9.41. The first kappa shape index (κ1) is 24.3. The maximum Gasteiger partial charge on any atom is 0.407 e. The van der Waals surface area contributed by atoms with E-state index < -0.39 is 6.09 Å². The summed E-state index contributed by atoms with van der Waals surface area (Å²) in [5.74, 6) is 0.500. The molecule has 2 aliphatic rings. The molecular formula is C25H32N6O4. The lowest BCUT2D eigenvalue weighted by Crippen LogP contribution is -2.55. The number of nitrogens with one attached hydrogen (secondary N) is 1. The molecule has 0 spiro atoms. The van der Waals surface area contributed by atoms with Crippen molar-refractivity contribution in [2.45, 2.75) is 45.8 Å². The number of carbonyl (C=O) groups is 3. The Bertz CT molecular complexity index is 1150. The van der Waals surface area contributed by atoms with Gasteiger partial charge in [0.15, 0.2) is 0 Å². The summed E-state index contributed by atoms with van der Waals surface area (Å²) >= 11 is 0. The van der Waals surface area contributed by atoms with Crippen molar-refractivity contribution in [2.24, 2.45) is 0 Å². The van der Waals surface area contributed by atoms with Gasteiger partial charge in [-0.3, -0.25) is 9.59 Å². The van der Waals surface area contributed by atoms with E-state index in [-0.39, 0.29) is 29.9 Å². The van der Waals surface area contributed by atoms with Crippen molar-refractivity contribution in [1.82, 2.24) is 14.8 Å². The number of carboxylic acid groups (broad SMARTS) is 1. The highest BCUT2D eigenvalue weighted by molar-refractivity contribution is 6.05. The van der Waals surface area contributed by atoms with E-state index in [0.717, 1.165) is 11.4 Å². The molecule has 1 aromatic heterocycles. The second kappa shape index (κ2) is 9.44. The van der Waals surface area contributed by atoms with Crippen molar-refractivity contribution in [3.8, 4) is 0 Å².